The van der Waals surface area contributed by atoms with E-state index in [1.54, 1.807) is 11.8 Å². The number of anilines is 1. The van der Waals surface area contributed by atoms with E-state index < -0.39 is 11.9 Å². The van der Waals surface area contributed by atoms with E-state index in [4.69, 9.17) is 20.8 Å². The van der Waals surface area contributed by atoms with E-state index in [9.17, 15) is 9.18 Å². The molecule has 0 bridgehead atoms. The van der Waals surface area contributed by atoms with Gasteiger partial charge in [-0.3, -0.25) is 4.79 Å². The first-order chi connectivity index (χ1) is 12.9. The van der Waals surface area contributed by atoms with Gasteiger partial charge in [0.2, 0.25) is 5.91 Å². The van der Waals surface area contributed by atoms with Crippen molar-refractivity contribution in [1.29, 1.82) is 0 Å². The molecule has 3 atom stereocenters. The Balaban J connectivity index is 1.36. The van der Waals surface area contributed by atoms with Gasteiger partial charge in [0.25, 0.3) is 5.89 Å². The molecule has 27 heavy (non-hydrogen) atoms. The molecule has 1 aromatic heterocycles. The summed E-state index contributed by atoms with van der Waals surface area (Å²) in [4.78, 5) is 14.4. The highest BCUT2D eigenvalue weighted by Crippen LogP contribution is 2.31. The number of carbonyl (C=O) groups is 1. The molecule has 1 saturated carbocycles. The lowest BCUT2D eigenvalue weighted by Gasteiger charge is -2.46. The molecule has 0 unspecified atom stereocenters. The quantitative estimate of drug-likeness (QED) is 0.810. The number of ether oxygens (including phenoxy) is 1. The van der Waals surface area contributed by atoms with Crippen molar-refractivity contribution < 1.29 is 18.3 Å². The van der Waals surface area contributed by atoms with Gasteiger partial charge in [-0.2, -0.15) is 0 Å². The Morgan fingerprint density at radius 3 is 2.89 bits per heavy atom. The molecule has 7 nitrogen and oxygen atoms in total. The summed E-state index contributed by atoms with van der Waals surface area (Å²) in [6.45, 7) is 4.29. The average Bonchev–Trinajstić information content (AvgIpc) is 3.34. The SMILES string of the molecule is C[C@@H](Nc1nnc(-c2ccc(Cl)cc2F)o1)C(=O)N1C[C@H](OC2CC2)[C@@H]1C. The number of nitrogens with one attached hydrogen (secondary N) is 1. The molecular formula is C18H20ClFN4O3. The minimum Gasteiger partial charge on any atom is -0.403 e. The number of benzene rings is 1. The lowest BCUT2D eigenvalue weighted by molar-refractivity contribution is -0.157. The second-order valence-corrected chi connectivity index (χ2v) is 7.44. The number of aromatic nitrogens is 2. The molecular weight excluding hydrogens is 375 g/mol. The molecule has 0 radical (unpaired) electrons. The van der Waals surface area contributed by atoms with Crippen molar-refractivity contribution in [1.82, 2.24) is 15.1 Å². The second-order valence-electron chi connectivity index (χ2n) is 7.01. The van der Waals surface area contributed by atoms with E-state index in [1.807, 2.05) is 6.92 Å². The molecule has 2 fully saturated rings. The van der Waals surface area contributed by atoms with E-state index in [0.29, 0.717) is 12.6 Å². The fraction of sp³-hybridized carbons (Fsp3) is 0.500. The first kappa shape index (κ1) is 18.2. The van der Waals surface area contributed by atoms with Crippen LogP contribution in [0, 0.1) is 5.82 Å². The molecule has 9 heteroatoms. The molecule has 4 rings (SSSR count). The Bertz CT molecular complexity index is 857. The summed E-state index contributed by atoms with van der Waals surface area (Å²) in [6.07, 6.45) is 2.71. The highest BCUT2D eigenvalue weighted by atomic mass is 35.5. The van der Waals surface area contributed by atoms with E-state index in [1.165, 1.54) is 18.2 Å². The summed E-state index contributed by atoms with van der Waals surface area (Å²) in [6, 6.07) is 3.71. The Kier molecular flexibility index (Phi) is 4.77. The van der Waals surface area contributed by atoms with Gasteiger partial charge in [-0.25, -0.2) is 4.39 Å². The van der Waals surface area contributed by atoms with Crippen molar-refractivity contribution in [3.63, 3.8) is 0 Å². The van der Waals surface area contributed by atoms with Gasteiger partial charge in [-0.1, -0.05) is 16.7 Å². The van der Waals surface area contributed by atoms with Crippen LogP contribution in [0.2, 0.25) is 5.02 Å². The van der Waals surface area contributed by atoms with Gasteiger partial charge in [0.1, 0.15) is 11.9 Å². The zero-order chi connectivity index (χ0) is 19.1. The fourth-order valence-electron chi connectivity index (χ4n) is 3.02. The summed E-state index contributed by atoms with van der Waals surface area (Å²) < 4.78 is 25.3. The van der Waals surface area contributed by atoms with Crippen molar-refractivity contribution in [2.45, 2.75) is 51.0 Å². The molecule has 1 aromatic carbocycles. The number of amides is 1. The van der Waals surface area contributed by atoms with Gasteiger partial charge in [0.15, 0.2) is 0 Å². The van der Waals surface area contributed by atoms with Gasteiger partial charge in [0, 0.05) is 11.6 Å². The van der Waals surface area contributed by atoms with Crippen LogP contribution in [0.5, 0.6) is 0 Å². The van der Waals surface area contributed by atoms with Gasteiger partial charge in [-0.05, 0) is 44.9 Å². The third-order valence-electron chi connectivity index (χ3n) is 4.88. The highest BCUT2D eigenvalue weighted by molar-refractivity contribution is 6.30. The second kappa shape index (κ2) is 7.09. The lowest BCUT2D eigenvalue weighted by atomic mass is 9.99. The topological polar surface area (TPSA) is 80.5 Å². The maximum absolute atomic E-state index is 14.0. The smallest absolute Gasteiger partial charge is 0.316 e. The van der Waals surface area contributed by atoms with Crippen LogP contribution in [0.25, 0.3) is 11.5 Å². The van der Waals surface area contributed by atoms with Crippen LogP contribution >= 0.6 is 11.6 Å². The van der Waals surface area contributed by atoms with E-state index in [0.717, 1.165) is 12.8 Å². The molecule has 144 valence electrons. The largest absolute Gasteiger partial charge is 0.403 e. The minimum absolute atomic E-state index is 0.0153. The predicted octanol–water partition coefficient (Wildman–Crippen LogP) is 3.11. The Morgan fingerprint density at radius 1 is 1.44 bits per heavy atom. The van der Waals surface area contributed by atoms with E-state index in [-0.39, 0.29) is 40.5 Å². The van der Waals surface area contributed by atoms with Crippen molar-refractivity contribution in [2.24, 2.45) is 0 Å². The predicted molar refractivity (Wildman–Crippen MR) is 96.9 cm³/mol. The van der Waals surface area contributed by atoms with Crippen LogP contribution in [-0.4, -0.2) is 51.8 Å². The summed E-state index contributed by atoms with van der Waals surface area (Å²) >= 11 is 5.75. The molecule has 2 aromatic rings. The standard InChI is InChI=1S/C18H20ClFN4O3/c1-9(17(25)24-8-15(10(24)2)26-12-4-5-12)21-18-23-22-16(27-18)13-6-3-11(19)7-14(13)20/h3,6-7,9-10,12,15H,4-5,8H2,1-2H3,(H,21,23)/t9-,10+,15+/m1/s1. The number of carbonyl (C=O) groups excluding carboxylic acids is 1. The molecule has 1 N–H and O–H groups in total. The normalized spacial score (nSPS) is 23.0. The summed E-state index contributed by atoms with van der Waals surface area (Å²) in [5, 5.41) is 10.8. The first-order valence-electron chi connectivity index (χ1n) is 8.94. The first-order valence-corrected chi connectivity index (χ1v) is 9.31. The van der Waals surface area contributed by atoms with Gasteiger partial charge in [-0.15, -0.1) is 5.10 Å². The number of halogens is 2. The van der Waals surface area contributed by atoms with Crippen molar-refractivity contribution in [3.05, 3.63) is 29.0 Å². The molecule has 1 aliphatic carbocycles. The third-order valence-corrected chi connectivity index (χ3v) is 5.11. The maximum atomic E-state index is 14.0. The van der Waals surface area contributed by atoms with Crippen molar-refractivity contribution in [2.75, 3.05) is 11.9 Å². The molecule has 1 amide bonds. The molecule has 2 heterocycles. The monoisotopic (exact) mass is 394 g/mol. The van der Waals surface area contributed by atoms with Crippen LogP contribution < -0.4 is 5.32 Å². The summed E-state index contributed by atoms with van der Waals surface area (Å²) in [5.41, 5.74) is 0.148. The van der Waals surface area contributed by atoms with Crippen molar-refractivity contribution in [3.8, 4) is 11.5 Å². The van der Waals surface area contributed by atoms with Crippen LogP contribution in [0.15, 0.2) is 22.6 Å². The molecule has 1 aliphatic heterocycles. The Morgan fingerprint density at radius 2 is 2.22 bits per heavy atom. The van der Waals surface area contributed by atoms with Gasteiger partial charge in [0.05, 0.1) is 23.8 Å². The van der Waals surface area contributed by atoms with Gasteiger partial charge >= 0.3 is 6.01 Å². The van der Waals surface area contributed by atoms with Crippen LogP contribution in [-0.2, 0) is 9.53 Å². The molecule has 2 aliphatic rings. The van der Waals surface area contributed by atoms with E-state index >= 15 is 0 Å². The van der Waals surface area contributed by atoms with Crippen LogP contribution in [0.1, 0.15) is 26.7 Å². The summed E-state index contributed by atoms with van der Waals surface area (Å²) in [7, 11) is 0. The van der Waals surface area contributed by atoms with Crippen molar-refractivity contribution >= 4 is 23.5 Å². The maximum Gasteiger partial charge on any atom is 0.316 e. The Hall–Kier alpha value is -2.19. The third kappa shape index (κ3) is 3.77. The zero-order valence-electron chi connectivity index (χ0n) is 15.0. The average molecular weight is 395 g/mol. The zero-order valence-corrected chi connectivity index (χ0v) is 15.7. The molecule has 0 spiro atoms. The minimum atomic E-state index is -0.558. The van der Waals surface area contributed by atoms with Crippen LogP contribution in [0.3, 0.4) is 0 Å². The highest BCUT2D eigenvalue weighted by Gasteiger charge is 2.43. The number of likely N-dealkylation sites (tertiary alicyclic amines) is 1. The van der Waals surface area contributed by atoms with E-state index in [2.05, 4.69) is 15.5 Å². The number of nitrogens with zero attached hydrogens (tertiary/aromatic N) is 3. The lowest BCUT2D eigenvalue weighted by Crippen LogP contribution is -2.64. The fourth-order valence-corrected chi connectivity index (χ4v) is 3.18. The molecule has 1 saturated heterocycles. The van der Waals surface area contributed by atoms with Crippen LogP contribution in [0.4, 0.5) is 10.4 Å². The number of rotatable bonds is 6. The van der Waals surface area contributed by atoms with Gasteiger partial charge < -0.3 is 19.4 Å². The number of hydrogen-bond donors (Lipinski definition) is 1. The number of hydrogen-bond acceptors (Lipinski definition) is 6. The Labute approximate surface area is 160 Å². The summed E-state index contributed by atoms with van der Waals surface area (Å²) in [5.74, 6) is -0.616.